The van der Waals surface area contributed by atoms with Gasteiger partial charge in [-0.1, -0.05) is 30.3 Å². The van der Waals surface area contributed by atoms with Crippen molar-refractivity contribution in [1.82, 2.24) is 4.91 Å². The highest BCUT2D eigenvalue weighted by Crippen LogP contribution is 2.03. The lowest BCUT2D eigenvalue weighted by Crippen LogP contribution is -1.91. The summed E-state index contributed by atoms with van der Waals surface area (Å²) in [7, 11) is 0. The topological polar surface area (TPSA) is 31.2 Å². The maximum absolute atomic E-state index is 4.46. The first-order valence-corrected chi connectivity index (χ1v) is 3.61. The maximum Gasteiger partial charge on any atom is 0.104 e. The minimum absolute atomic E-state index is 0. The van der Waals surface area contributed by atoms with Crippen LogP contribution in [0.2, 0.25) is 0 Å². The molecule has 0 amide bonds. The van der Waals surface area contributed by atoms with E-state index in [2.05, 4.69) is 21.5 Å². The fraction of sp³-hybridized carbons (Fsp3) is 0.250. The van der Waals surface area contributed by atoms with Crippen LogP contribution in [0.1, 0.15) is 5.56 Å². The van der Waals surface area contributed by atoms with Crippen molar-refractivity contribution >= 4 is 12.4 Å². The predicted octanol–water partition coefficient (Wildman–Crippen LogP) is 2.34. The quantitative estimate of drug-likeness (QED) is 0.691. The Hall–Kier alpha value is -1.09. The molecule has 0 radical (unpaired) electrons. The second-order valence-corrected chi connectivity index (χ2v) is 2.44. The summed E-state index contributed by atoms with van der Waals surface area (Å²) in [6, 6.07) is 10.2. The van der Waals surface area contributed by atoms with Gasteiger partial charge in [-0.15, -0.1) is 21.8 Å². The Balaban J connectivity index is 0.000000720. The van der Waals surface area contributed by atoms with E-state index in [0.717, 1.165) is 13.0 Å². The van der Waals surface area contributed by atoms with Gasteiger partial charge in [0.2, 0.25) is 0 Å². The molecule has 0 N–H and O–H groups in total. The number of rotatable bonds is 3. The van der Waals surface area contributed by atoms with Crippen molar-refractivity contribution in [3.8, 4) is 0 Å². The van der Waals surface area contributed by atoms with E-state index in [0.29, 0.717) is 0 Å². The normalized spacial score (nSPS) is 9.67. The van der Waals surface area contributed by atoms with E-state index in [4.69, 9.17) is 0 Å². The van der Waals surface area contributed by atoms with E-state index in [-0.39, 0.29) is 12.4 Å². The number of benzene rings is 1. The lowest BCUT2D eigenvalue weighted by molar-refractivity contribution is 0.264. The third kappa shape index (κ3) is 2.51. The minimum Gasteiger partial charge on any atom is -0.147 e. The zero-order chi connectivity index (χ0) is 7.52. The number of halogens is 1. The number of aromatic nitrogens is 1. The molecule has 1 aromatic carbocycles. The van der Waals surface area contributed by atoms with Gasteiger partial charge in [0.15, 0.2) is 0 Å². The van der Waals surface area contributed by atoms with E-state index in [1.165, 1.54) is 10.5 Å². The smallest absolute Gasteiger partial charge is 0.104 e. The summed E-state index contributed by atoms with van der Waals surface area (Å²) < 4.78 is 8.93. The van der Waals surface area contributed by atoms with Crippen LogP contribution in [-0.4, -0.2) is 4.91 Å². The molecule has 1 heterocycles. The molecule has 66 valence electrons. The Morgan fingerprint density at radius 2 is 1.75 bits per heavy atom. The maximum atomic E-state index is 4.46. The van der Waals surface area contributed by atoms with E-state index in [1.807, 2.05) is 18.2 Å². The van der Waals surface area contributed by atoms with Crippen LogP contribution < -0.4 is 0 Å². The van der Waals surface area contributed by atoms with E-state index >= 15 is 0 Å². The summed E-state index contributed by atoms with van der Waals surface area (Å²) in [6.07, 6.45) is 0.959. The molecule has 0 unspecified atom stereocenters. The molecule has 0 aliphatic carbocycles. The molecule has 2 aromatic rings. The minimum atomic E-state index is 0. The van der Waals surface area contributed by atoms with Gasteiger partial charge in [-0.25, -0.2) is 0 Å². The summed E-state index contributed by atoms with van der Waals surface area (Å²) in [5.41, 5.74) is 1.30. The summed E-state index contributed by atoms with van der Waals surface area (Å²) >= 11 is 0. The Bertz CT molecular complexity index is 287. The van der Waals surface area contributed by atoms with E-state index < -0.39 is 0 Å². The number of aryl methyl sites for hydroxylation is 2. The monoisotopic (exact) mass is 187 g/mol. The van der Waals surface area contributed by atoms with Crippen LogP contribution in [0.5, 0.6) is 0 Å². The Morgan fingerprint density at radius 1 is 1.08 bits per heavy atom. The molecule has 0 fully saturated rings. The van der Waals surface area contributed by atoms with Crippen molar-refractivity contribution in [2.24, 2.45) is 0 Å². The molecular weight excluding hydrogens is 178 g/mol. The van der Waals surface area contributed by atoms with Crippen LogP contribution in [0.25, 0.3) is 0 Å². The fourth-order valence-electron chi connectivity index (χ4n) is 0.963. The molecule has 2 rings (SSSR count). The molecular formula is C8H10ClNO2. The van der Waals surface area contributed by atoms with Crippen molar-refractivity contribution in [2.45, 2.75) is 13.0 Å². The molecule has 4 heteroatoms. The van der Waals surface area contributed by atoms with E-state index in [1.54, 1.807) is 0 Å². The van der Waals surface area contributed by atoms with Gasteiger partial charge in [0.1, 0.15) is 6.54 Å². The fourth-order valence-corrected chi connectivity index (χ4v) is 0.963. The summed E-state index contributed by atoms with van der Waals surface area (Å²) in [5.74, 6) is 0. The van der Waals surface area contributed by atoms with Gasteiger partial charge in [0.25, 0.3) is 0 Å². The summed E-state index contributed by atoms with van der Waals surface area (Å²) in [4.78, 5) is 1.45. The predicted molar refractivity (Wildman–Crippen MR) is 46.4 cm³/mol. The van der Waals surface area contributed by atoms with Gasteiger partial charge in [-0.05, 0) is 12.0 Å². The molecule has 1 aromatic heterocycles. The second kappa shape index (κ2) is 4.07. The molecule has 0 saturated carbocycles. The lowest BCUT2D eigenvalue weighted by Gasteiger charge is -1.93. The average molecular weight is 188 g/mol. The van der Waals surface area contributed by atoms with Crippen LogP contribution >= 0.6 is 12.4 Å². The first-order chi connectivity index (χ1) is 5.45. The van der Waals surface area contributed by atoms with Gasteiger partial charge >= 0.3 is 0 Å². The zero-order valence-corrected chi connectivity index (χ0v) is 7.29. The van der Waals surface area contributed by atoms with Gasteiger partial charge in [-0.3, -0.25) is 0 Å². The Labute approximate surface area is 76.2 Å². The lowest BCUT2D eigenvalue weighted by atomic mass is 10.2. The van der Waals surface area contributed by atoms with Crippen molar-refractivity contribution < 1.29 is 9.36 Å². The Morgan fingerprint density at radius 3 is 2.33 bits per heavy atom. The van der Waals surface area contributed by atoms with Gasteiger partial charge < -0.3 is 0 Å². The van der Waals surface area contributed by atoms with Crippen LogP contribution in [0.4, 0.5) is 0 Å². The first kappa shape index (κ1) is 9.00. The molecule has 0 bridgehead atoms. The highest BCUT2D eigenvalue weighted by molar-refractivity contribution is 5.85. The standard InChI is InChI=1S/C8H9NO2.ClH/c1-2-4-8(5-3-1)6-7-9-10-11-9;/h1-5H,6-7H2;1H. The van der Waals surface area contributed by atoms with Crippen LogP contribution in [0, 0.1) is 0 Å². The van der Waals surface area contributed by atoms with Gasteiger partial charge in [-0.2, -0.15) is 0 Å². The molecule has 0 saturated heterocycles. The molecule has 12 heavy (non-hydrogen) atoms. The average Bonchev–Trinajstić information content (AvgIpc) is 2.86. The van der Waals surface area contributed by atoms with E-state index in [9.17, 15) is 0 Å². The summed E-state index contributed by atoms with van der Waals surface area (Å²) in [6.45, 7) is 0.796. The zero-order valence-electron chi connectivity index (χ0n) is 6.47. The van der Waals surface area contributed by atoms with Crippen LogP contribution in [0.15, 0.2) is 39.7 Å². The van der Waals surface area contributed by atoms with Crippen molar-refractivity contribution in [3.05, 3.63) is 35.9 Å². The van der Waals surface area contributed by atoms with Crippen LogP contribution in [-0.2, 0) is 13.0 Å². The first-order valence-electron chi connectivity index (χ1n) is 3.61. The summed E-state index contributed by atoms with van der Waals surface area (Å²) in [5, 5.41) is 0. The highest BCUT2D eigenvalue weighted by atomic mass is 35.5. The molecule has 3 nitrogen and oxygen atoms in total. The van der Waals surface area contributed by atoms with Gasteiger partial charge in [0, 0.05) is 4.91 Å². The van der Waals surface area contributed by atoms with Crippen molar-refractivity contribution in [3.63, 3.8) is 0 Å². The van der Waals surface area contributed by atoms with Crippen LogP contribution in [0.3, 0.4) is 0 Å². The SMILES string of the molecule is Cl.c1ccc(CCn2oo2)cc1. The molecule has 0 aliphatic heterocycles. The van der Waals surface area contributed by atoms with Crippen molar-refractivity contribution in [1.29, 1.82) is 0 Å². The molecule has 0 spiro atoms. The second-order valence-electron chi connectivity index (χ2n) is 2.44. The number of hydrogen-bond acceptors (Lipinski definition) is 2. The van der Waals surface area contributed by atoms with Gasteiger partial charge in [0.05, 0.1) is 0 Å². The van der Waals surface area contributed by atoms with Crippen molar-refractivity contribution in [2.75, 3.05) is 0 Å². The third-order valence-electron chi connectivity index (χ3n) is 1.61. The highest BCUT2D eigenvalue weighted by Gasteiger charge is 2.00. The largest absolute Gasteiger partial charge is 0.147 e. The molecule has 0 atom stereocenters. The Kier molecular flexibility index (Phi) is 3.05. The third-order valence-corrected chi connectivity index (χ3v) is 1.61. The number of nitrogens with zero attached hydrogens (tertiary/aromatic N) is 1. The number of hydrogen-bond donors (Lipinski definition) is 0. The molecule has 0 aliphatic rings.